The standard InChI is InChI=1S/C26H22F3N3O2S/c1-3-34-25(33)21-14-30-32(15-21)16-23-17(2)35-24(31-23)20-11-19(12-22(13-20)26(27,28)29)10-9-18-7-5-4-6-8-18/h4-15H,3,16H2,1-2H3. The van der Waals surface area contributed by atoms with Gasteiger partial charge in [-0.15, -0.1) is 11.3 Å². The Balaban J connectivity index is 1.64. The first-order chi connectivity index (χ1) is 16.7. The molecule has 0 spiro atoms. The zero-order valence-electron chi connectivity index (χ0n) is 19.0. The zero-order chi connectivity index (χ0) is 25.0. The molecule has 0 fully saturated rings. The molecule has 0 radical (unpaired) electrons. The van der Waals surface area contributed by atoms with Crippen molar-refractivity contribution in [2.45, 2.75) is 26.6 Å². The van der Waals surface area contributed by atoms with E-state index in [0.717, 1.165) is 22.6 Å². The van der Waals surface area contributed by atoms with Crippen molar-refractivity contribution in [1.29, 1.82) is 0 Å². The van der Waals surface area contributed by atoms with Crippen LogP contribution in [-0.2, 0) is 17.5 Å². The predicted octanol–water partition coefficient (Wildman–Crippen LogP) is 6.73. The number of esters is 1. The number of alkyl halides is 3. The minimum absolute atomic E-state index is 0.262. The molecule has 0 bridgehead atoms. The van der Waals surface area contributed by atoms with Gasteiger partial charge in [0.15, 0.2) is 0 Å². The Morgan fingerprint density at radius 1 is 1.11 bits per heavy atom. The first kappa shape index (κ1) is 24.4. The largest absolute Gasteiger partial charge is 0.462 e. The second kappa shape index (κ2) is 10.3. The fraction of sp³-hybridized carbons (Fsp3) is 0.192. The van der Waals surface area contributed by atoms with Crippen LogP contribution in [0.2, 0.25) is 0 Å². The van der Waals surface area contributed by atoms with Crippen LogP contribution in [0.25, 0.3) is 22.7 Å². The molecule has 0 saturated carbocycles. The first-order valence-electron chi connectivity index (χ1n) is 10.8. The van der Waals surface area contributed by atoms with Crippen molar-refractivity contribution in [3.05, 3.63) is 93.7 Å². The van der Waals surface area contributed by atoms with Crippen LogP contribution in [0.3, 0.4) is 0 Å². The molecule has 2 heterocycles. The van der Waals surface area contributed by atoms with Crippen LogP contribution in [0.4, 0.5) is 13.2 Å². The quantitative estimate of drug-likeness (QED) is 0.210. The average molecular weight is 498 g/mol. The summed E-state index contributed by atoms with van der Waals surface area (Å²) in [5.74, 6) is -0.463. The van der Waals surface area contributed by atoms with Crippen molar-refractivity contribution in [2.24, 2.45) is 0 Å². The highest BCUT2D eigenvalue weighted by molar-refractivity contribution is 7.15. The van der Waals surface area contributed by atoms with Gasteiger partial charge in [0.2, 0.25) is 0 Å². The molecule has 0 N–H and O–H groups in total. The fourth-order valence-corrected chi connectivity index (χ4v) is 4.32. The number of carbonyl (C=O) groups is 1. The second-order valence-corrected chi connectivity index (χ2v) is 8.96. The summed E-state index contributed by atoms with van der Waals surface area (Å²) in [4.78, 5) is 17.3. The Hall–Kier alpha value is -3.72. The molecule has 0 aliphatic heterocycles. The summed E-state index contributed by atoms with van der Waals surface area (Å²) >= 11 is 1.32. The average Bonchev–Trinajstić information content (AvgIpc) is 3.45. The fourth-order valence-electron chi connectivity index (χ4n) is 3.41. The Bertz CT molecular complexity index is 1360. The SMILES string of the molecule is CCOC(=O)c1cnn(Cc2nc(-c3cc(C=Cc4ccccc4)cc(C(F)(F)F)c3)sc2C)c1. The minimum Gasteiger partial charge on any atom is -0.462 e. The lowest BCUT2D eigenvalue weighted by Gasteiger charge is -2.10. The predicted molar refractivity (Wildman–Crippen MR) is 130 cm³/mol. The molecule has 0 aliphatic rings. The van der Waals surface area contributed by atoms with E-state index in [-0.39, 0.29) is 13.2 Å². The molecule has 0 aliphatic carbocycles. The number of ether oxygens (including phenoxy) is 1. The van der Waals surface area contributed by atoms with Crippen molar-refractivity contribution < 1.29 is 22.7 Å². The minimum atomic E-state index is -4.49. The van der Waals surface area contributed by atoms with E-state index in [2.05, 4.69) is 10.1 Å². The van der Waals surface area contributed by atoms with Crippen LogP contribution >= 0.6 is 11.3 Å². The molecule has 9 heteroatoms. The molecule has 35 heavy (non-hydrogen) atoms. The maximum atomic E-state index is 13.6. The van der Waals surface area contributed by atoms with Gasteiger partial charge in [-0.2, -0.15) is 18.3 Å². The molecule has 5 nitrogen and oxygen atoms in total. The van der Waals surface area contributed by atoms with E-state index in [9.17, 15) is 18.0 Å². The number of aryl methyl sites for hydroxylation is 1. The molecule has 0 unspecified atom stereocenters. The topological polar surface area (TPSA) is 57.0 Å². The third kappa shape index (κ3) is 6.05. The van der Waals surface area contributed by atoms with Crippen molar-refractivity contribution in [1.82, 2.24) is 14.8 Å². The molecule has 4 aromatic rings. The number of halogens is 3. The Morgan fingerprint density at radius 3 is 2.57 bits per heavy atom. The van der Waals surface area contributed by atoms with Gasteiger partial charge in [-0.05, 0) is 43.2 Å². The summed E-state index contributed by atoms with van der Waals surface area (Å²) in [6.45, 7) is 4.12. The lowest BCUT2D eigenvalue weighted by atomic mass is 10.0. The van der Waals surface area contributed by atoms with Crippen LogP contribution in [0.5, 0.6) is 0 Å². The lowest BCUT2D eigenvalue weighted by molar-refractivity contribution is -0.137. The van der Waals surface area contributed by atoms with Gasteiger partial charge in [0.25, 0.3) is 0 Å². The zero-order valence-corrected chi connectivity index (χ0v) is 19.9. The molecule has 0 amide bonds. The van der Waals surface area contributed by atoms with Gasteiger partial charge >= 0.3 is 12.1 Å². The highest BCUT2D eigenvalue weighted by Crippen LogP contribution is 2.36. The van der Waals surface area contributed by atoms with E-state index in [1.165, 1.54) is 17.5 Å². The van der Waals surface area contributed by atoms with E-state index in [4.69, 9.17) is 4.74 Å². The van der Waals surface area contributed by atoms with Crippen LogP contribution in [0.15, 0.2) is 60.9 Å². The number of thiazole rings is 1. The van der Waals surface area contributed by atoms with Gasteiger partial charge < -0.3 is 4.74 Å². The second-order valence-electron chi connectivity index (χ2n) is 7.75. The Labute approximate surface area is 204 Å². The number of carbonyl (C=O) groups excluding carboxylic acids is 1. The molecule has 2 aromatic heterocycles. The number of rotatable bonds is 7. The van der Waals surface area contributed by atoms with Gasteiger partial charge in [0.1, 0.15) is 5.01 Å². The van der Waals surface area contributed by atoms with Gasteiger partial charge in [0.05, 0.1) is 36.2 Å². The summed E-state index contributed by atoms with van der Waals surface area (Å²) in [7, 11) is 0. The number of nitrogens with zero attached hydrogens (tertiary/aromatic N) is 3. The Kier molecular flexibility index (Phi) is 7.16. The van der Waals surface area contributed by atoms with E-state index < -0.39 is 17.7 Å². The smallest absolute Gasteiger partial charge is 0.416 e. The number of hydrogen-bond acceptors (Lipinski definition) is 5. The normalized spacial score (nSPS) is 11.8. The maximum absolute atomic E-state index is 13.6. The van der Waals surface area contributed by atoms with Crippen LogP contribution in [0, 0.1) is 6.92 Å². The van der Waals surface area contributed by atoms with Gasteiger partial charge in [-0.3, -0.25) is 4.68 Å². The molecule has 0 atom stereocenters. The lowest BCUT2D eigenvalue weighted by Crippen LogP contribution is -2.05. The van der Waals surface area contributed by atoms with Gasteiger partial charge in [-0.25, -0.2) is 9.78 Å². The molecule has 4 rings (SSSR count). The monoisotopic (exact) mass is 497 g/mol. The Morgan fingerprint density at radius 2 is 1.86 bits per heavy atom. The maximum Gasteiger partial charge on any atom is 0.416 e. The molecular formula is C26H22F3N3O2S. The van der Waals surface area contributed by atoms with Crippen molar-refractivity contribution >= 4 is 29.5 Å². The highest BCUT2D eigenvalue weighted by atomic mass is 32.1. The summed E-state index contributed by atoms with van der Waals surface area (Å²) in [6, 6.07) is 13.3. The number of hydrogen-bond donors (Lipinski definition) is 0. The van der Waals surface area contributed by atoms with E-state index >= 15 is 0 Å². The van der Waals surface area contributed by atoms with Crippen LogP contribution in [-0.4, -0.2) is 27.3 Å². The summed E-state index contributed by atoms with van der Waals surface area (Å²) in [5, 5.41) is 4.66. The third-order valence-corrected chi connectivity index (χ3v) is 6.21. The molecule has 2 aromatic carbocycles. The van der Waals surface area contributed by atoms with E-state index in [0.29, 0.717) is 27.4 Å². The van der Waals surface area contributed by atoms with Gasteiger partial charge in [0, 0.05) is 16.6 Å². The van der Waals surface area contributed by atoms with Crippen molar-refractivity contribution in [3.63, 3.8) is 0 Å². The molecule has 0 saturated heterocycles. The highest BCUT2D eigenvalue weighted by Gasteiger charge is 2.31. The number of aromatic nitrogens is 3. The van der Waals surface area contributed by atoms with Crippen LogP contribution in [0.1, 0.15) is 44.5 Å². The summed E-state index contributed by atoms with van der Waals surface area (Å²) < 4.78 is 47.4. The first-order valence-corrected chi connectivity index (χ1v) is 11.7. The van der Waals surface area contributed by atoms with E-state index in [1.807, 2.05) is 37.3 Å². The van der Waals surface area contributed by atoms with Gasteiger partial charge in [-0.1, -0.05) is 42.5 Å². The summed E-state index contributed by atoms with van der Waals surface area (Å²) in [6.07, 6.45) is 1.93. The van der Waals surface area contributed by atoms with Crippen LogP contribution < -0.4 is 0 Å². The molecular weight excluding hydrogens is 475 g/mol. The number of benzene rings is 2. The van der Waals surface area contributed by atoms with E-state index in [1.54, 1.807) is 36.0 Å². The summed E-state index contributed by atoms with van der Waals surface area (Å²) in [5.41, 5.74) is 1.97. The van der Waals surface area contributed by atoms with Crippen molar-refractivity contribution in [2.75, 3.05) is 6.61 Å². The third-order valence-electron chi connectivity index (χ3n) is 5.15. The molecule has 180 valence electrons. The van der Waals surface area contributed by atoms with Crippen molar-refractivity contribution in [3.8, 4) is 10.6 Å².